The third kappa shape index (κ3) is 4.89. The molecule has 2 aromatic heterocycles. The Morgan fingerprint density at radius 2 is 1.74 bits per heavy atom. The number of fused-ring (bicyclic) bond motifs is 1. The van der Waals surface area contributed by atoms with Crippen molar-refractivity contribution in [2.75, 3.05) is 19.4 Å². The van der Waals surface area contributed by atoms with Crippen LogP contribution in [-0.2, 0) is 13.3 Å². The molecule has 0 aliphatic heterocycles. The van der Waals surface area contributed by atoms with Gasteiger partial charge in [0.2, 0.25) is 0 Å². The molecule has 5 rings (SSSR count). The molecular weight excluding hydrogens is 424 g/mol. The molecule has 1 N–H and O–H groups in total. The second kappa shape index (κ2) is 9.72. The van der Waals surface area contributed by atoms with E-state index in [4.69, 9.17) is 4.74 Å². The zero-order valence-corrected chi connectivity index (χ0v) is 19.2. The maximum absolute atomic E-state index is 5.90. The van der Waals surface area contributed by atoms with Crippen molar-refractivity contribution in [1.29, 1.82) is 0 Å². The average Bonchev–Trinajstić information content (AvgIpc) is 3.31. The van der Waals surface area contributed by atoms with Gasteiger partial charge in [-0.2, -0.15) is 0 Å². The molecule has 34 heavy (non-hydrogen) atoms. The Kier molecular flexibility index (Phi) is 6.18. The number of imidazole rings is 1. The molecule has 0 saturated heterocycles. The standard InChI is InChI=1S/C27H26N6O/c1-32(2)19-33-15-14-28-27(33)21-8-13-25-24(16-21)26(30-18-29-25)31-22-9-11-23(12-10-22)34-17-20-6-4-3-5-7-20/h3-16,18H,17,19H2,1-2H3,(H,29,30,31). The minimum atomic E-state index is 0.538. The highest BCUT2D eigenvalue weighted by Gasteiger charge is 2.11. The minimum Gasteiger partial charge on any atom is -0.489 e. The first-order valence-electron chi connectivity index (χ1n) is 11.1. The van der Waals surface area contributed by atoms with E-state index in [9.17, 15) is 0 Å². The smallest absolute Gasteiger partial charge is 0.141 e. The molecule has 2 heterocycles. The van der Waals surface area contributed by atoms with E-state index in [1.807, 2.05) is 81.1 Å². The number of benzene rings is 3. The molecule has 0 unspecified atom stereocenters. The van der Waals surface area contributed by atoms with Gasteiger partial charge in [0.05, 0.1) is 12.2 Å². The van der Waals surface area contributed by atoms with E-state index in [-0.39, 0.29) is 0 Å². The largest absolute Gasteiger partial charge is 0.489 e. The van der Waals surface area contributed by atoms with E-state index in [1.54, 1.807) is 6.33 Å². The van der Waals surface area contributed by atoms with E-state index >= 15 is 0 Å². The van der Waals surface area contributed by atoms with Crippen molar-refractivity contribution < 1.29 is 4.74 Å². The molecule has 0 bridgehead atoms. The van der Waals surface area contributed by atoms with Gasteiger partial charge in [-0.3, -0.25) is 4.90 Å². The van der Waals surface area contributed by atoms with Crippen LogP contribution in [0, 0.1) is 0 Å². The van der Waals surface area contributed by atoms with Gasteiger partial charge >= 0.3 is 0 Å². The number of hydrogen-bond donors (Lipinski definition) is 1. The second-order valence-electron chi connectivity index (χ2n) is 8.32. The van der Waals surface area contributed by atoms with Crippen molar-refractivity contribution in [3.8, 4) is 17.1 Å². The van der Waals surface area contributed by atoms with Crippen LogP contribution in [0.3, 0.4) is 0 Å². The predicted octanol–water partition coefficient (Wildman–Crippen LogP) is 5.34. The van der Waals surface area contributed by atoms with Crippen LogP contribution in [0.5, 0.6) is 5.75 Å². The fourth-order valence-electron chi connectivity index (χ4n) is 3.80. The van der Waals surface area contributed by atoms with E-state index < -0.39 is 0 Å². The Morgan fingerprint density at radius 3 is 2.53 bits per heavy atom. The molecule has 3 aromatic carbocycles. The molecule has 0 aliphatic rings. The third-order valence-electron chi connectivity index (χ3n) is 5.41. The number of nitrogens with zero attached hydrogens (tertiary/aromatic N) is 5. The Balaban J connectivity index is 1.36. The first kappa shape index (κ1) is 21.6. The van der Waals surface area contributed by atoms with Gasteiger partial charge in [0.25, 0.3) is 0 Å². The van der Waals surface area contributed by atoms with Gasteiger partial charge in [-0.05, 0) is 62.1 Å². The second-order valence-corrected chi connectivity index (χ2v) is 8.32. The summed E-state index contributed by atoms with van der Waals surface area (Å²) in [4.78, 5) is 15.6. The predicted molar refractivity (Wildman–Crippen MR) is 135 cm³/mol. The fourth-order valence-corrected chi connectivity index (χ4v) is 3.80. The molecule has 5 aromatic rings. The lowest BCUT2D eigenvalue weighted by molar-refractivity contribution is 0.306. The van der Waals surface area contributed by atoms with Gasteiger partial charge in [0, 0.05) is 29.0 Å². The topological polar surface area (TPSA) is 68.1 Å². The number of hydrogen-bond acceptors (Lipinski definition) is 6. The maximum Gasteiger partial charge on any atom is 0.141 e. The van der Waals surface area contributed by atoms with E-state index in [2.05, 4.69) is 47.9 Å². The van der Waals surface area contributed by atoms with Crippen LogP contribution in [0.2, 0.25) is 0 Å². The summed E-state index contributed by atoms with van der Waals surface area (Å²) >= 11 is 0. The summed E-state index contributed by atoms with van der Waals surface area (Å²) in [5, 5.41) is 4.36. The van der Waals surface area contributed by atoms with Crippen molar-refractivity contribution in [1.82, 2.24) is 24.4 Å². The highest BCUT2D eigenvalue weighted by molar-refractivity contribution is 5.93. The zero-order valence-electron chi connectivity index (χ0n) is 19.2. The quantitative estimate of drug-likeness (QED) is 0.344. The van der Waals surface area contributed by atoms with Gasteiger partial charge in [-0.25, -0.2) is 15.0 Å². The van der Waals surface area contributed by atoms with Crippen molar-refractivity contribution in [2.24, 2.45) is 0 Å². The lowest BCUT2D eigenvalue weighted by atomic mass is 10.1. The first-order valence-corrected chi connectivity index (χ1v) is 11.1. The van der Waals surface area contributed by atoms with Gasteiger partial charge in [0.15, 0.2) is 0 Å². The summed E-state index contributed by atoms with van der Waals surface area (Å²) in [6, 6.07) is 24.2. The number of ether oxygens (including phenoxy) is 1. The summed E-state index contributed by atoms with van der Waals surface area (Å²) in [5.74, 6) is 2.47. The van der Waals surface area contributed by atoms with Crippen molar-refractivity contribution in [3.05, 3.63) is 97.1 Å². The zero-order chi connectivity index (χ0) is 23.3. The average molecular weight is 451 g/mol. The van der Waals surface area contributed by atoms with Gasteiger partial charge in [-0.15, -0.1) is 0 Å². The van der Waals surface area contributed by atoms with Crippen LogP contribution in [-0.4, -0.2) is 38.5 Å². The Bertz CT molecular complexity index is 1380. The van der Waals surface area contributed by atoms with Gasteiger partial charge < -0.3 is 14.6 Å². The summed E-state index contributed by atoms with van der Waals surface area (Å²) in [7, 11) is 4.08. The van der Waals surface area contributed by atoms with E-state index in [1.165, 1.54) is 0 Å². The van der Waals surface area contributed by atoms with Crippen LogP contribution < -0.4 is 10.1 Å². The molecule has 7 heteroatoms. The molecule has 0 spiro atoms. The number of aromatic nitrogens is 4. The van der Waals surface area contributed by atoms with Gasteiger partial charge in [-0.1, -0.05) is 30.3 Å². The van der Waals surface area contributed by atoms with E-state index in [0.29, 0.717) is 6.61 Å². The number of rotatable bonds is 8. The van der Waals surface area contributed by atoms with Crippen LogP contribution in [0.15, 0.2) is 91.5 Å². The van der Waals surface area contributed by atoms with Gasteiger partial charge in [0.1, 0.15) is 30.3 Å². The molecule has 170 valence electrons. The molecule has 0 atom stereocenters. The third-order valence-corrected chi connectivity index (χ3v) is 5.41. The van der Waals surface area contributed by atoms with E-state index in [0.717, 1.165) is 51.8 Å². The fraction of sp³-hybridized carbons (Fsp3) is 0.148. The van der Waals surface area contributed by atoms with Crippen LogP contribution in [0.1, 0.15) is 5.56 Å². The molecule has 0 aliphatic carbocycles. The number of anilines is 2. The van der Waals surface area contributed by atoms with Crippen molar-refractivity contribution in [2.45, 2.75) is 13.3 Å². The van der Waals surface area contributed by atoms with Crippen LogP contribution in [0.4, 0.5) is 11.5 Å². The van der Waals surface area contributed by atoms with Crippen molar-refractivity contribution >= 4 is 22.4 Å². The Labute approximate surface area is 198 Å². The monoisotopic (exact) mass is 450 g/mol. The molecular formula is C27H26N6O. The summed E-state index contributed by atoms with van der Waals surface area (Å²) in [5.41, 5.74) is 3.95. The maximum atomic E-state index is 5.90. The lowest BCUT2D eigenvalue weighted by Gasteiger charge is -2.14. The van der Waals surface area contributed by atoms with Crippen molar-refractivity contribution in [3.63, 3.8) is 0 Å². The molecule has 0 fully saturated rings. The number of nitrogens with one attached hydrogen (secondary N) is 1. The minimum absolute atomic E-state index is 0.538. The highest BCUT2D eigenvalue weighted by atomic mass is 16.5. The summed E-state index contributed by atoms with van der Waals surface area (Å²) < 4.78 is 8.01. The normalized spacial score (nSPS) is 11.1. The van der Waals surface area contributed by atoms with Crippen LogP contribution in [0.25, 0.3) is 22.3 Å². The summed E-state index contributed by atoms with van der Waals surface area (Å²) in [6.07, 6.45) is 5.39. The molecule has 7 nitrogen and oxygen atoms in total. The molecule has 0 amide bonds. The summed E-state index contributed by atoms with van der Waals surface area (Å²) in [6.45, 7) is 1.29. The SMILES string of the molecule is CN(C)Cn1ccnc1-c1ccc2ncnc(Nc3ccc(OCc4ccccc4)cc3)c2c1. The molecule has 0 radical (unpaired) electrons. The Morgan fingerprint density at radius 1 is 0.912 bits per heavy atom. The van der Waals surface area contributed by atoms with Crippen LogP contribution >= 0.6 is 0 Å². The lowest BCUT2D eigenvalue weighted by Crippen LogP contribution is -2.16. The Hall–Kier alpha value is -4.23. The first-order chi connectivity index (χ1) is 16.7. The molecule has 0 saturated carbocycles. The highest BCUT2D eigenvalue weighted by Crippen LogP contribution is 2.28.